The number of hydrogen-bond donors (Lipinski definition) is 1. The summed E-state index contributed by atoms with van der Waals surface area (Å²) in [6, 6.07) is 2.24. The van der Waals surface area contributed by atoms with Gasteiger partial charge in [0.05, 0.1) is 11.4 Å². The van der Waals surface area contributed by atoms with E-state index in [1.165, 1.54) is 6.42 Å². The molecule has 0 saturated carbocycles. The summed E-state index contributed by atoms with van der Waals surface area (Å²) in [7, 11) is 0. The average Bonchev–Trinajstić information content (AvgIpc) is 2.45. The Bertz CT molecular complexity index is 558. The first-order valence-electron chi connectivity index (χ1n) is 7.96. The zero-order chi connectivity index (χ0) is 16.3. The van der Waals surface area contributed by atoms with Gasteiger partial charge in [-0.1, -0.05) is 32.6 Å². The molecule has 0 spiro atoms. The Labute approximate surface area is 130 Å². The summed E-state index contributed by atoms with van der Waals surface area (Å²) >= 11 is 0. The van der Waals surface area contributed by atoms with Crippen LogP contribution in [0.5, 0.6) is 0 Å². The third-order valence-corrected chi connectivity index (χ3v) is 4.04. The second-order valence-electron chi connectivity index (χ2n) is 6.40. The molecule has 1 aromatic carbocycles. The topological polar surface area (TPSA) is 32.3 Å². The second kappa shape index (κ2) is 6.63. The van der Waals surface area contributed by atoms with Crippen LogP contribution in [0.4, 0.5) is 20.2 Å². The number of unbranched alkanes of at least 4 members (excludes halogenated alkanes) is 4. The van der Waals surface area contributed by atoms with Crippen LogP contribution in [0.25, 0.3) is 0 Å². The molecule has 22 heavy (non-hydrogen) atoms. The Morgan fingerprint density at radius 2 is 1.73 bits per heavy atom. The first kappa shape index (κ1) is 16.7. The fourth-order valence-electron chi connectivity index (χ4n) is 2.79. The lowest BCUT2D eigenvalue weighted by atomic mass is 9.97. The van der Waals surface area contributed by atoms with Gasteiger partial charge in [0.25, 0.3) is 5.91 Å². The molecule has 5 heteroatoms. The van der Waals surface area contributed by atoms with Gasteiger partial charge in [0.1, 0.15) is 5.54 Å². The third kappa shape index (κ3) is 3.39. The summed E-state index contributed by atoms with van der Waals surface area (Å²) in [5.74, 6) is -1.94. The molecule has 0 fully saturated rings. The van der Waals surface area contributed by atoms with E-state index in [4.69, 9.17) is 0 Å². The predicted octanol–water partition coefficient (Wildman–Crippen LogP) is 4.47. The van der Waals surface area contributed by atoms with E-state index in [1.54, 1.807) is 18.7 Å². The Balaban J connectivity index is 2.20. The SMILES string of the molecule is CCCCCCCN1C(=O)C(C)(C)Nc2cc(F)c(F)cc21. The molecule has 0 bridgehead atoms. The Hall–Kier alpha value is -1.65. The van der Waals surface area contributed by atoms with Crippen molar-refractivity contribution in [3.05, 3.63) is 23.8 Å². The third-order valence-electron chi connectivity index (χ3n) is 4.04. The molecule has 1 aromatic rings. The number of nitrogens with one attached hydrogen (secondary N) is 1. The lowest BCUT2D eigenvalue weighted by Gasteiger charge is -2.40. The number of amides is 1. The van der Waals surface area contributed by atoms with E-state index >= 15 is 0 Å². The molecule has 1 amide bonds. The minimum atomic E-state index is -0.927. The summed E-state index contributed by atoms with van der Waals surface area (Å²) in [5.41, 5.74) is 0.0801. The molecule has 3 nitrogen and oxygen atoms in total. The van der Waals surface area contributed by atoms with E-state index in [9.17, 15) is 13.6 Å². The number of carbonyl (C=O) groups excluding carboxylic acids is 1. The number of benzene rings is 1. The fraction of sp³-hybridized carbons (Fsp3) is 0.588. The minimum absolute atomic E-state index is 0.110. The highest BCUT2D eigenvalue weighted by molar-refractivity contribution is 6.07. The highest BCUT2D eigenvalue weighted by atomic mass is 19.2. The van der Waals surface area contributed by atoms with Gasteiger partial charge >= 0.3 is 0 Å². The van der Waals surface area contributed by atoms with Crippen LogP contribution in [-0.2, 0) is 4.79 Å². The number of fused-ring (bicyclic) bond motifs is 1. The van der Waals surface area contributed by atoms with Crippen molar-refractivity contribution in [1.29, 1.82) is 0 Å². The van der Waals surface area contributed by atoms with Crippen LogP contribution in [0.1, 0.15) is 52.9 Å². The van der Waals surface area contributed by atoms with E-state index in [-0.39, 0.29) is 5.91 Å². The maximum Gasteiger partial charge on any atom is 0.252 e. The molecule has 122 valence electrons. The van der Waals surface area contributed by atoms with Crippen molar-refractivity contribution in [3.63, 3.8) is 0 Å². The molecule has 2 rings (SSSR count). The van der Waals surface area contributed by atoms with Crippen LogP contribution in [0, 0.1) is 11.6 Å². The number of rotatable bonds is 6. The molecule has 1 aliphatic heterocycles. The van der Waals surface area contributed by atoms with Crippen molar-refractivity contribution in [2.75, 3.05) is 16.8 Å². The van der Waals surface area contributed by atoms with Crippen molar-refractivity contribution in [2.45, 2.75) is 58.4 Å². The van der Waals surface area contributed by atoms with Crippen LogP contribution >= 0.6 is 0 Å². The van der Waals surface area contributed by atoms with Gasteiger partial charge in [-0.05, 0) is 20.3 Å². The number of hydrogen-bond acceptors (Lipinski definition) is 2. The van der Waals surface area contributed by atoms with Crippen molar-refractivity contribution in [3.8, 4) is 0 Å². The van der Waals surface area contributed by atoms with E-state index in [0.29, 0.717) is 17.9 Å². The lowest BCUT2D eigenvalue weighted by molar-refractivity contribution is -0.122. The van der Waals surface area contributed by atoms with Gasteiger partial charge in [-0.15, -0.1) is 0 Å². The van der Waals surface area contributed by atoms with Crippen LogP contribution in [-0.4, -0.2) is 18.0 Å². The maximum atomic E-state index is 13.5. The highest BCUT2D eigenvalue weighted by Gasteiger charge is 2.38. The van der Waals surface area contributed by atoms with Crippen LogP contribution in [0.15, 0.2) is 12.1 Å². The first-order valence-corrected chi connectivity index (χ1v) is 7.96. The molecule has 1 N–H and O–H groups in total. The van der Waals surface area contributed by atoms with E-state index in [2.05, 4.69) is 12.2 Å². The molecule has 1 heterocycles. The van der Waals surface area contributed by atoms with Gasteiger partial charge in [0.15, 0.2) is 11.6 Å². The zero-order valence-corrected chi connectivity index (χ0v) is 13.5. The summed E-state index contributed by atoms with van der Waals surface area (Å²) < 4.78 is 27.0. The average molecular weight is 310 g/mol. The lowest BCUT2D eigenvalue weighted by Crippen LogP contribution is -2.54. The number of anilines is 2. The minimum Gasteiger partial charge on any atom is -0.370 e. The van der Waals surface area contributed by atoms with Crippen LogP contribution in [0.3, 0.4) is 0 Å². The number of nitrogens with zero attached hydrogens (tertiary/aromatic N) is 1. The van der Waals surface area contributed by atoms with Crippen molar-refractivity contribution < 1.29 is 13.6 Å². The smallest absolute Gasteiger partial charge is 0.252 e. The Kier molecular flexibility index (Phi) is 5.04. The molecular weight excluding hydrogens is 286 g/mol. The van der Waals surface area contributed by atoms with E-state index < -0.39 is 17.2 Å². The molecular formula is C17H24F2N2O. The monoisotopic (exact) mass is 310 g/mol. The Morgan fingerprint density at radius 3 is 2.41 bits per heavy atom. The predicted molar refractivity (Wildman–Crippen MR) is 85.2 cm³/mol. The van der Waals surface area contributed by atoms with E-state index in [0.717, 1.165) is 37.8 Å². The molecule has 0 unspecified atom stereocenters. The Morgan fingerprint density at radius 1 is 1.09 bits per heavy atom. The van der Waals surface area contributed by atoms with Gasteiger partial charge in [0, 0.05) is 18.7 Å². The van der Waals surface area contributed by atoms with Gasteiger partial charge in [0.2, 0.25) is 0 Å². The molecule has 0 aromatic heterocycles. The highest BCUT2D eigenvalue weighted by Crippen LogP contribution is 2.37. The molecule has 0 saturated heterocycles. The first-order chi connectivity index (χ1) is 10.4. The zero-order valence-electron chi connectivity index (χ0n) is 13.5. The van der Waals surface area contributed by atoms with Crippen LogP contribution < -0.4 is 10.2 Å². The van der Waals surface area contributed by atoms with Crippen LogP contribution in [0.2, 0.25) is 0 Å². The maximum absolute atomic E-state index is 13.5. The normalized spacial score (nSPS) is 16.4. The summed E-state index contributed by atoms with van der Waals surface area (Å²) in [6.45, 7) is 6.19. The quantitative estimate of drug-likeness (QED) is 0.786. The number of carbonyl (C=O) groups is 1. The second-order valence-corrected chi connectivity index (χ2v) is 6.40. The molecule has 0 atom stereocenters. The van der Waals surface area contributed by atoms with Gasteiger partial charge in [-0.3, -0.25) is 4.79 Å². The van der Waals surface area contributed by atoms with Crippen molar-refractivity contribution in [1.82, 2.24) is 0 Å². The fourth-order valence-corrected chi connectivity index (χ4v) is 2.79. The standard InChI is InChI=1S/C17H24F2N2O/c1-4-5-6-7-8-9-21-15-11-13(19)12(18)10-14(15)20-17(2,3)16(21)22/h10-11,20H,4-9H2,1-3H3. The summed E-state index contributed by atoms with van der Waals surface area (Å²) in [6.07, 6.45) is 5.36. The van der Waals surface area contributed by atoms with Gasteiger partial charge < -0.3 is 10.2 Å². The van der Waals surface area contributed by atoms with Crippen molar-refractivity contribution >= 4 is 17.3 Å². The summed E-state index contributed by atoms with van der Waals surface area (Å²) in [5, 5.41) is 3.00. The van der Waals surface area contributed by atoms with Gasteiger partial charge in [-0.2, -0.15) is 0 Å². The molecule has 0 radical (unpaired) electrons. The van der Waals surface area contributed by atoms with Gasteiger partial charge in [-0.25, -0.2) is 8.78 Å². The molecule has 0 aliphatic carbocycles. The molecule has 1 aliphatic rings. The largest absolute Gasteiger partial charge is 0.370 e. The van der Waals surface area contributed by atoms with E-state index in [1.807, 2.05) is 0 Å². The van der Waals surface area contributed by atoms with Crippen molar-refractivity contribution in [2.24, 2.45) is 0 Å². The number of halogens is 2. The summed E-state index contributed by atoms with van der Waals surface area (Å²) in [4.78, 5) is 14.2.